The van der Waals surface area contributed by atoms with Crippen LogP contribution in [0.1, 0.15) is 10.4 Å². The molecule has 22 heavy (non-hydrogen) atoms. The summed E-state index contributed by atoms with van der Waals surface area (Å²) in [5.41, 5.74) is 1.39. The zero-order valence-electron chi connectivity index (χ0n) is 11.6. The Morgan fingerprint density at radius 1 is 1.18 bits per heavy atom. The molecule has 0 aliphatic heterocycles. The fraction of sp³-hybridized carbons (Fsp3) is 0.125. The van der Waals surface area contributed by atoms with Crippen LogP contribution in [-0.4, -0.2) is 22.2 Å². The third-order valence-corrected chi connectivity index (χ3v) is 3.24. The number of carbonyl (C=O) groups is 1. The van der Waals surface area contributed by atoms with E-state index in [1.807, 2.05) is 6.07 Å². The second-order valence-corrected chi connectivity index (χ2v) is 4.67. The van der Waals surface area contributed by atoms with Gasteiger partial charge < -0.3 is 14.3 Å². The van der Waals surface area contributed by atoms with Crippen LogP contribution in [0.15, 0.2) is 57.7 Å². The Balaban J connectivity index is 1.73. The van der Waals surface area contributed by atoms with E-state index >= 15 is 0 Å². The van der Waals surface area contributed by atoms with Gasteiger partial charge in [0.1, 0.15) is 12.4 Å². The van der Waals surface area contributed by atoms with Gasteiger partial charge in [0.25, 0.3) is 0 Å². The van der Waals surface area contributed by atoms with Crippen molar-refractivity contribution in [3.63, 3.8) is 0 Å². The van der Waals surface area contributed by atoms with Gasteiger partial charge >= 0.3 is 11.7 Å². The maximum Gasteiger partial charge on any atom is 0.420 e. The quantitative estimate of drug-likeness (QED) is 0.782. The lowest BCUT2D eigenvalue weighted by atomic mass is 10.2. The fourth-order valence-corrected chi connectivity index (χ4v) is 2.20. The molecule has 1 heterocycles. The Morgan fingerprint density at radius 2 is 2.00 bits per heavy atom. The summed E-state index contributed by atoms with van der Waals surface area (Å²) in [5.74, 6) is -1.01. The zero-order chi connectivity index (χ0) is 15.5. The maximum atomic E-state index is 11.8. The molecule has 3 aromatic rings. The van der Waals surface area contributed by atoms with Crippen molar-refractivity contribution in [2.45, 2.75) is 6.54 Å². The number of nitrogens with zero attached hydrogens (tertiary/aromatic N) is 1. The van der Waals surface area contributed by atoms with Crippen molar-refractivity contribution < 1.29 is 19.1 Å². The standard InChI is InChI=1S/C16H13NO5/c18-15(19)11-4-3-5-12(10-11)21-9-8-17-13-6-1-2-7-14(13)22-16(17)20/h1-7,10H,8-9H2,(H,18,19). The number of aromatic carboxylic acids is 1. The Morgan fingerprint density at radius 3 is 2.82 bits per heavy atom. The highest BCUT2D eigenvalue weighted by Gasteiger charge is 2.08. The minimum Gasteiger partial charge on any atom is -0.492 e. The second kappa shape index (κ2) is 5.77. The van der Waals surface area contributed by atoms with Gasteiger partial charge in [-0.2, -0.15) is 0 Å². The van der Waals surface area contributed by atoms with E-state index in [0.717, 1.165) is 0 Å². The molecule has 2 aromatic carbocycles. The first-order valence-corrected chi connectivity index (χ1v) is 6.70. The number of hydrogen-bond acceptors (Lipinski definition) is 4. The van der Waals surface area contributed by atoms with Crippen LogP contribution in [0.25, 0.3) is 11.1 Å². The minimum atomic E-state index is -1.01. The van der Waals surface area contributed by atoms with E-state index in [2.05, 4.69) is 0 Å². The third-order valence-electron chi connectivity index (χ3n) is 3.24. The Labute approximate surface area is 125 Å². The van der Waals surface area contributed by atoms with Crippen molar-refractivity contribution in [3.8, 4) is 5.75 Å². The van der Waals surface area contributed by atoms with Gasteiger partial charge in [-0.15, -0.1) is 0 Å². The van der Waals surface area contributed by atoms with E-state index in [1.165, 1.54) is 16.7 Å². The molecule has 0 saturated carbocycles. The topological polar surface area (TPSA) is 81.7 Å². The van der Waals surface area contributed by atoms with Gasteiger partial charge in [-0.3, -0.25) is 4.57 Å². The molecule has 6 nitrogen and oxygen atoms in total. The van der Waals surface area contributed by atoms with Crippen LogP contribution in [0.5, 0.6) is 5.75 Å². The number of aromatic nitrogens is 1. The number of carboxylic acids is 1. The van der Waals surface area contributed by atoms with Crippen molar-refractivity contribution in [1.82, 2.24) is 4.57 Å². The summed E-state index contributed by atoms with van der Waals surface area (Å²) in [6.07, 6.45) is 0. The molecule has 0 saturated heterocycles. The molecule has 0 fully saturated rings. The van der Waals surface area contributed by atoms with E-state index in [-0.39, 0.29) is 12.2 Å². The van der Waals surface area contributed by atoms with Crippen LogP contribution < -0.4 is 10.5 Å². The van der Waals surface area contributed by atoms with Gasteiger partial charge in [-0.25, -0.2) is 9.59 Å². The lowest BCUT2D eigenvalue weighted by molar-refractivity contribution is 0.0696. The summed E-state index contributed by atoms with van der Waals surface area (Å²) in [6, 6.07) is 13.4. The van der Waals surface area contributed by atoms with E-state index in [0.29, 0.717) is 23.4 Å². The van der Waals surface area contributed by atoms with Gasteiger partial charge in [0.2, 0.25) is 0 Å². The van der Waals surface area contributed by atoms with Crippen molar-refractivity contribution in [2.24, 2.45) is 0 Å². The molecular formula is C16H13NO5. The number of benzene rings is 2. The highest BCUT2D eigenvalue weighted by atomic mass is 16.5. The van der Waals surface area contributed by atoms with E-state index < -0.39 is 11.7 Å². The van der Waals surface area contributed by atoms with Crippen LogP contribution in [0.3, 0.4) is 0 Å². The highest BCUT2D eigenvalue weighted by Crippen LogP contribution is 2.14. The monoisotopic (exact) mass is 299 g/mol. The van der Waals surface area contributed by atoms with Gasteiger partial charge in [-0.1, -0.05) is 18.2 Å². The molecule has 0 spiro atoms. The largest absolute Gasteiger partial charge is 0.492 e. The average Bonchev–Trinajstić information content (AvgIpc) is 2.84. The van der Waals surface area contributed by atoms with Gasteiger partial charge in [-0.05, 0) is 30.3 Å². The van der Waals surface area contributed by atoms with Crippen molar-refractivity contribution in [2.75, 3.05) is 6.61 Å². The molecule has 1 aromatic heterocycles. The van der Waals surface area contributed by atoms with E-state index in [1.54, 1.807) is 30.3 Å². The van der Waals surface area contributed by atoms with Crippen molar-refractivity contribution >= 4 is 17.1 Å². The number of hydrogen-bond donors (Lipinski definition) is 1. The van der Waals surface area contributed by atoms with Gasteiger partial charge in [0, 0.05) is 0 Å². The summed E-state index contributed by atoms with van der Waals surface area (Å²) in [4.78, 5) is 22.7. The summed E-state index contributed by atoms with van der Waals surface area (Å²) >= 11 is 0. The lowest BCUT2D eigenvalue weighted by Crippen LogP contribution is -2.18. The number of para-hydroxylation sites is 2. The Hall–Kier alpha value is -3.02. The van der Waals surface area contributed by atoms with Crippen molar-refractivity contribution in [1.29, 1.82) is 0 Å². The molecule has 1 N–H and O–H groups in total. The van der Waals surface area contributed by atoms with E-state index in [4.69, 9.17) is 14.3 Å². The highest BCUT2D eigenvalue weighted by molar-refractivity contribution is 5.88. The lowest BCUT2D eigenvalue weighted by Gasteiger charge is -2.07. The molecule has 0 aliphatic rings. The van der Waals surface area contributed by atoms with Crippen LogP contribution in [0.2, 0.25) is 0 Å². The summed E-state index contributed by atoms with van der Waals surface area (Å²) in [6.45, 7) is 0.541. The predicted octanol–water partition coefficient (Wildman–Crippen LogP) is 2.37. The molecule has 0 bridgehead atoms. The normalized spacial score (nSPS) is 10.7. The molecule has 0 radical (unpaired) electrons. The third kappa shape index (κ3) is 2.71. The number of fused-ring (bicyclic) bond motifs is 1. The molecule has 6 heteroatoms. The van der Waals surface area contributed by atoms with Crippen LogP contribution in [-0.2, 0) is 6.54 Å². The molecule has 3 rings (SSSR count). The first kappa shape index (κ1) is 13.9. The minimum absolute atomic E-state index is 0.156. The van der Waals surface area contributed by atoms with Crippen LogP contribution in [0, 0.1) is 0 Å². The van der Waals surface area contributed by atoms with Crippen molar-refractivity contribution in [3.05, 3.63) is 64.6 Å². The first-order chi connectivity index (χ1) is 10.6. The molecule has 0 atom stereocenters. The molecule has 112 valence electrons. The molecule has 0 aliphatic carbocycles. The zero-order valence-corrected chi connectivity index (χ0v) is 11.6. The number of ether oxygens (including phenoxy) is 1. The molecular weight excluding hydrogens is 286 g/mol. The van der Waals surface area contributed by atoms with E-state index in [9.17, 15) is 9.59 Å². The number of carboxylic acid groups (broad SMARTS) is 1. The maximum absolute atomic E-state index is 11.8. The number of rotatable bonds is 5. The van der Waals surface area contributed by atoms with Crippen LogP contribution in [0.4, 0.5) is 0 Å². The SMILES string of the molecule is O=C(O)c1cccc(OCCn2c(=O)oc3ccccc32)c1. The Bertz CT molecular complexity index is 877. The molecule has 0 amide bonds. The first-order valence-electron chi connectivity index (χ1n) is 6.70. The Kier molecular flexibility index (Phi) is 3.65. The van der Waals surface area contributed by atoms with Gasteiger partial charge in [0.05, 0.1) is 17.6 Å². The summed E-state index contributed by atoms with van der Waals surface area (Å²) in [5, 5.41) is 8.93. The fourth-order valence-electron chi connectivity index (χ4n) is 2.20. The second-order valence-electron chi connectivity index (χ2n) is 4.67. The smallest absolute Gasteiger partial charge is 0.420 e. The average molecular weight is 299 g/mol. The summed E-state index contributed by atoms with van der Waals surface area (Å²) in [7, 11) is 0. The van der Waals surface area contributed by atoms with Crippen LogP contribution >= 0.6 is 0 Å². The summed E-state index contributed by atoms with van der Waals surface area (Å²) < 4.78 is 12.1. The predicted molar refractivity (Wildman–Crippen MR) is 79.4 cm³/mol. The van der Waals surface area contributed by atoms with Gasteiger partial charge in [0.15, 0.2) is 5.58 Å². The number of oxazole rings is 1. The molecule has 0 unspecified atom stereocenters.